The first-order chi connectivity index (χ1) is 6.61. The number of nitrogens with two attached hydrogens (primary N) is 1. The van der Waals surface area contributed by atoms with Gasteiger partial charge >= 0.3 is 0 Å². The molecule has 0 atom stereocenters. The molecule has 1 aromatic rings. The van der Waals surface area contributed by atoms with Gasteiger partial charge in [-0.15, -0.1) is 0 Å². The third-order valence-electron chi connectivity index (χ3n) is 1.20. The normalized spacial score (nSPS) is 7.93. The average molecular weight is 282 g/mol. The van der Waals surface area contributed by atoms with E-state index in [0.29, 0.717) is 17.6 Å². The molecule has 0 heterocycles. The quantitative estimate of drug-likeness (QED) is 0.659. The Hall–Kier alpha value is -1.14. The number of rotatable bonds is 2. The minimum atomic E-state index is -0.385. The number of nitrogen functional groups attached to an aromatic ring is 1. The molecule has 0 aliphatic heterocycles. The second-order valence-corrected chi connectivity index (χ2v) is 3.13. The Morgan fingerprint density at radius 2 is 2.20 bits per heavy atom. The van der Waals surface area contributed by atoms with Gasteiger partial charge in [0, 0.05) is 4.47 Å². The summed E-state index contributed by atoms with van der Waals surface area (Å²) >= 11 is 3.10. The van der Waals surface area contributed by atoms with E-state index in [0.717, 1.165) is 0 Å². The number of carbonyl (C=O) groups excluding carboxylic acids is 1. The summed E-state index contributed by atoms with van der Waals surface area (Å²) in [7, 11) is 0. The van der Waals surface area contributed by atoms with Gasteiger partial charge in [-0.3, -0.25) is 4.79 Å². The van der Waals surface area contributed by atoms with Crippen LogP contribution in [-0.4, -0.2) is 18.6 Å². The van der Waals surface area contributed by atoms with Gasteiger partial charge in [-0.05, 0) is 25.1 Å². The topological polar surface area (TPSA) is 83.8 Å². The predicted molar refractivity (Wildman–Crippen MR) is 59.8 cm³/mol. The van der Waals surface area contributed by atoms with Crippen LogP contribution in [0.3, 0.4) is 0 Å². The lowest BCUT2D eigenvalue weighted by Crippen LogP contribution is -1.88. The number of carbonyl (C=O) groups is 1. The molecule has 4 N–H and O–H groups in total. The van der Waals surface area contributed by atoms with Crippen molar-refractivity contribution in [1.82, 2.24) is 0 Å². The zero-order chi connectivity index (χ0) is 11.0. The van der Waals surface area contributed by atoms with Crippen LogP contribution < -0.4 is 5.73 Å². The highest BCUT2D eigenvalue weighted by Gasteiger charge is 1.95. The summed E-state index contributed by atoms with van der Waals surface area (Å²) in [6.07, 6.45) is 0. The molecule has 0 bridgehead atoms. The van der Waals surface area contributed by atoms with Crippen LogP contribution in [0.25, 0.3) is 0 Å². The van der Waals surface area contributed by atoms with Gasteiger partial charge in [-0.1, -0.05) is 15.9 Å². The highest BCUT2D eigenvalue weighted by atomic mass is 79.9. The highest BCUT2D eigenvalue weighted by molar-refractivity contribution is 9.10. The van der Waals surface area contributed by atoms with E-state index >= 15 is 0 Å². The number of anilines is 1. The zero-order valence-corrected chi connectivity index (χ0v) is 9.75. The van der Waals surface area contributed by atoms with Crippen molar-refractivity contribution in [3.63, 3.8) is 0 Å². The lowest BCUT2D eigenvalue weighted by molar-refractivity contribution is -0.128. The third-order valence-corrected chi connectivity index (χ3v) is 1.69. The molecule has 0 amide bonds. The summed E-state index contributed by atoms with van der Waals surface area (Å²) in [6.45, 7) is 2.66. The van der Waals surface area contributed by atoms with Gasteiger partial charge in [0.25, 0.3) is 6.47 Å². The van der Waals surface area contributed by atoms with Crippen molar-refractivity contribution in [2.24, 2.45) is 0 Å². The van der Waals surface area contributed by atoms with Crippen molar-refractivity contribution < 1.29 is 19.4 Å². The fourth-order valence-corrected chi connectivity index (χ4v) is 0.903. The molecular weight excluding hydrogens is 269 g/mol. The summed E-state index contributed by atoms with van der Waals surface area (Å²) in [5.74, 6) is -0.385. The Morgan fingerprint density at radius 1 is 1.60 bits per heavy atom. The minimum Gasteiger partial charge on any atom is -0.468 e. The SMILES string of the molecule is CCOC=O.Nc1ccc(Br)cc1F.O. The predicted octanol–water partition coefficient (Wildman–Crippen LogP) is 1.52. The monoisotopic (exact) mass is 281 g/mol. The second kappa shape index (κ2) is 9.42. The minimum absolute atomic E-state index is 0. The van der Waals surface area contributed by atoms with Gasteiger partial charge in [0.1, 0.15) is 5.82 Å². The van der Waals surface area contributed by atoms with E-state index in [-0.39, 0.29) is 17.0 Å². The molecule has 0 fully saturated rings. The molecule has 0 saturated heterocycles. The van der Waals surface area contributed by atoms with Crippen molar-refractivity contribution in [3.8, 4) is 0 Å². The van der Waals surface area contributed by atoms with E-state index in [1.807, 2.05) is 0 Å². The average Bonchev–Trinajstić information content (AvgIpc) is 2.14. The standard InChI is InChI=1S/C6H5BrFN.C3H6O2.H2O/c7-4-1-2-6(9)5(8)3-4;1-2-5-3-4;/h1-3H,9H2;3H,2H2,1H3;1H2. The summed E-state index contributed by atoms with van der Waals surface area (Å²) < 4.78 is 17.3. The van der Waals surface area contributed by atoms with Gasteiger partial charge in [0.2, 0.25) is 0 Å². The molecule has 15 heavy (non-hydrogen) atoms. The highest BCUT2D eigenvalue weighted by Crippen LogP contribution is 2.15. The largest absolute Gasteiger partial charge is 0.468 e. The van der Waals surface area contributed by atoms with Crippen molar-refractivity contribution in [1.29, 1.82) is 0 Å². The molecule has 6 heteroatoms. The molecule has 1 rings (SSSR count). The van der Waals surface area contributed by atoms with Crippen LogP contribution in [0.5, 0.6) is 0 Å². The van der Waals surface area contributed by atoms with Crippen LogP contribution >= 0.6 is 15.9 Å². The Kier molecular flexibility index (Phi) is 10.2. The maximum Gasteiger partial charge on any atom is 0.293 e. The van der Waals surface area contributed by atoms with Crippen molar-refractivity contribution in [3.05, 3.63) is 28.5 Å². The summed E-state index contributed by atoms with van der Waals surface area (Å²) in [5.41, 5.74) is 5.37. The van der Waals surface area contributed by atoms with Gasteiger partial charge < -0.3 is 15.9 Å². The van der Waals surface area contributed by atoms with E-state index in [1.165, 1.54) is 12.1 Å². The number of ether oxygens (including phenoxy) is 1. The lowest BCUT2D eigenvalue weighted by atomic mass is 10.3. The lowest BCUT2D eigenvalue weighted by Gasteiger charge is -1.93. The van der Waals surface area contributed by atoms with Gasteiger partial charge in [0.05, 0.1) is 12.3 Å². The Balaban J connectivity index is 0. The second-order valence-electron chi connectivity index (χ2n) is 2.22. The van der Waals surface area contributed by atoms with E-state index in [9.17, 15) is 9.18 Å². The van der Waals surface area contributed by atoms with Crippen LogP contribution in [0.15, 0.2) is 22.7 Å². The van der Waals surface area contributed by atoms with Crippen LogP contribution in [0.1, 0.15) is 6.92 Å². The smallest absolute Gasteiger partial charge is 0.293 e. The number of hydrogen-bond donors (Lipinski definition) is 1. The molecule has 4 nitrogen and oxygen atoms in total. The summed E-state index contributed by atoms with van der Waals surface area (Å²) in [6, 6.07) is 4.53. The van der Waals surface area contributed by atoms with E-state index in [4.69, 9.17) is 5.73 Å². The van der Waals surface area contributed by atoms with E-state index in [1.54, 1.807) is 13.0 Å². The van der Waals surface area contributed by atoms with Crippen LogP contribution in [0, 0.1) is 5.82 Å². The van der Waals surface area contributed by atoms with E-state index in [2.05, 4.69) is 20.7 Å². The first kappa shape index (κ1) is 16.3. The van der Waals surface area contributed by atoms with Crippen LogP contribution in [0.2, 0.25) is 0 Å². The molecular formula is C9H13BrFNO3. The summed E-state index contributed by atoms with van der Waals surface area (Å²) in [5, 5.41) is 0. The molecule has 1 aromatic carbocycles. The Morgan fingerprint density at radius 3 is 2.47 bits per heavy atom. The maximum atomic E-state index is 12.4. The Bertz CT molecular complexity index is 297. The summed E-state index contributed by atoms with van der Waals surface area (Å²) in [4.78, 5) is 9.18. The van der Waals surface area contributed by atoms with Gasteiger partial charge in [0.15, 0.2) is 0 Å². The Labute approximate surface area is 95.7 Å². The first-order valence-corrected chi connectivity index (χ1v) is 4.66. The number of hydrogen-bond acceptors (Lipinski definition) is 3. The molecule has 0 spiro atoms. The fourth-order valence-electron chi connectivity index (χ4n) is 0.570. The van der Waals surface area contributed by atoms with Gasteiger partial charge in [-0.25, -0.2) is 4.39 Å². The number of halogens is 2. The molecule has 0 radical (unpaired) electrons. The van der Waals surface area contributed by atoms with Crippen molar-refractivity contribution >= 4 is 28.1 Å². The molecule has 0 saturated carbocycles. The third kappa shape index (κ3) is 7.90. The molecule has 0 unspecified atom stereocenters. The van der Waals surface area contributed by atoms with Gasteiger partial charge in [-0.2, -0.15) is 0 Å². The van der Waals surface area contributed by atoms with Crippen molar-refractivity contribution in [2.45, 2.75) is 6.92 Å². The van der Waals surface area contributed by atoms with E-state index < -0.39 is 0 Å². The molecule has 0 aromatic heterocycles. The molecule has 0 aliphatic rings. The first-order valence-electron chi connectivity index (χ1n) is 3.87. The maximum absolute atomic E-state index is 12.4. The van der Waals surface area contributed by atoms with Crippen molar-refractivity contribution in [2.75, 3.05) is 12.3 Å². The molecule has 0 aliphatic carbocycles. The number of benzene rings is 1. The van der Waals surface area contributed by atoms with Crippen LogP contribution in [0.4, 0.5) is 10.1 Å². The fraction of sp³-hybridized carbons (Fsp3) is 0.222. The molecule has 86 valence electrons. The van der Waals surface area contributed by atoms with Crippen LogP contribution in [-0.2, 0) is 9.53 Å². The zero-order valence-electron chi connectivity index (χ0n) is 8.17.